The van der Waals surface area contributed by atoms with E-state index in [4.69, 9.17) is 0 Å². The molecule has 0 aliphatic carbocycles. The summed E-state index contributed by atoms with van der Waals surface area (Å²) in [5, 5.41) is 19.1. The summed E-state index contributed by atoms with van der Waals surface area (Å²) >= 11 is 0. The predicted molar refractivity (Wildman–Crippen MR) is 87.5 cm³/mol. The molecule has 2 aromatic carbocycles. The average Bonchev–Trinajstić information content (AvgIpc) is 2.53. The molecule has 1 atom stereocenters. The molecule has 0 fully saturated rings. The quantitative estimate of drug-likeness (QED) is 0.823. The van der Waals surface area contributed by atoms with Crippen LogP contribution < -0.4 is 0 Å². The molecule has 0 saturated carbocycles. The third kappa shape index (κ3) is 5.54. The smallest absolute Gasteiger partial charge is 0.136 e. The van der Waals surface area contributed by atoms with E-state index in [9.17, 15) is 15.0 Å². The number of aryl methyl sites for hydroxylation is 1. The number of rotatable bonds is 7. The van der Waals surface area contributed by atoms with Gasteiger partial charge < -0.3 is 10.2 Å². The first-order valence-electron chi connectivity index (χ1n) is 7.34. The van der Waals surface area contributed by atoms with Crippen LogP contribution in [0.15, 0.2) is 60.7 Å². The second kappa shape index (κ2) is 8.15. The van der Waals surface area contributed by atoms with Gasteiger partial charge in [0.05, 0.1) is 6.10 Å². The topological polar surface area (TPSA) is 57.5 Å². The van der Waals surface area contributed by atoms with E-state index < -0.39 is 6.10 Å². The highest BCUT2D eigenvalue weighted by Crippen LogP contribution is 2.12. The number of phenolic OH excluding ortho intramolecular Hbond substituents is 1. The highest BCUT2D eigenvalue weighted by atomic mass is 16.3. The first kappa shape index (κ1) is 16.0. The number of ketones is 1. The summed E-state index contributed by atoms with van der Waals surface area (Å²) in [4.78, 5) is 11.9. The van der Waals surface area contributed by atoms with E-state index in [1.54, 1.807) is 30.3 Å². The second-order valence-corrected chi connectivity index (χ2v) is 5.25. The van der Waals surface area contributed by atoms with E-state index in [0.29, 0.717) is 12.8 Å². The van der Waals surface area contributed by atoms with Crippen molar-refractivity contribution in [3.05, 3.63) is 71.8 Å². The van der Waals surface area contributed by atoms with Crippen molar-refractivity contribution in [2.75, 3.05) is 0 Å². The van der Waals surface area contributed by atoms with Crippen LogP contribution >= 0.6 is 0 Å². The summed E-state index contributed by atoms with van der Waals surface area (Å²) in [6.45, 7) is 0. The highest BCUT2D eigenvalue weighted by Gasteiger charge is 2.08. The summed E-state index contributed by atoms with van der Waals surface area (Å²) in [7, 11) is 0. The third-order valence-corrected chi connectivity index (χ3v) is 3.38. The van der Waals surface area contributed by atoms with Gasteiger partial charge in [-0.1, -0.05) is 54.6 Å². The highest BCUT2D eigenvalue weighted by molar-refractivity contribution is 5.79. The average molecular weight is 296 g/mol. The zero-order chi connectivity index (χ0) is 15.8. The minimum absolute atomic E-state index is 0.0262. The molecule has 3 heteroatoms. The van der Waals surface area contributed by atoms with Gasteiger partial charge in [-0.15, -0.1) is 0 Å². The number of Topliss-reactive ketones (excluding diaryl/α,β-unsaturated/α-hetero) is 1. The van der Waals surface area contributed by atoms with Crippen molar-refractivity contribution in [2.24, 2.45) is 0 Å². The van der Waals surface area contributed by atoms with Crippen LogP contribution in [0.2, 0.25) is 0 Å². The Morgan fingerprint density at radius 3 is 2.41 bits per heavy atom. The second-order valence-electron chi connectivity index (χ2n) is 5.25. The molecular formula is C19H20O3. The number of carbonyl (C=O) groups is 1. The molecule has 0 aliphatic rings. The van der Waals surface area contributed by atoms with E-state index in [1.807, 2.05) is 36.4 Å². The van der Waals surface area contributed by atoms with Gasteiger partial charge in [0.15, 0.2) is 0 Å². The summed E-state index contributed by atoms with van der Waals surface area (Å²) < 4.78 is 0. The SMILES string of the molecule is O=C(CCc1ccc(O)cc1)CC(O)C=Cc1ccccc1. The number of aliphatic hydroxyl groups excluding tert-OH is 1. The van der Waals surface area contributed by atoms with Gasteiger partial charge >= 0.3 is 0 Å². The van der Waals surface area contributed by atoms with Crippen LogP contribution in [-0.4, -0.2) is 22.1 Å². The van der Waals surface area contributed by atoms with Gasteiger partial charge in [0.1, 0.15) is 11.5 Å². The summed E-state index contributed by atoms with van der Waals surface area (Å²) in [5.74, 6) is 0.245. The van der Waals surface area contributed by atoms with Crippen LogP contribution in [0.3, 0.4) is 0 Å². The molecule has 0 spiro atoms. The molecule has 0 aliphatic heterocycles. The van der Waals surface area contributed by atoms with Crippen molar-refractivity contribution in [3.8, 4) is 5.75 Å². The van der Waals surface area contributed by atoms with Gasteiger partial charge in [0.2, 0.25) is 0 Å². The number of aromatic hydroxyl groups is 1. The standard InChI is InChI=1S/C19H20O3/c20-17-10-6-16(7-11-17)9-13-19(22)14-18(21)12-8-15-4-2-1-3-5-15/h1-8,10-12,18,20-21H,9,13-14H2. The minimum atomic E-state index is -0.757. The fourth-order valence-electron chi connectivity index (χ4n) is 2.14. The van der Waals surface area contributed by atoms with Crippen molar-refractivity contribution in [1.29, 1.82) is 0 Å². The van der Waals surface area contributed by atoms with Crippen LogP contribution in [0.25, 0.3) is 6.08 Å². The molecule has 0 heterocycles. The molecule has 114 valence electrons. The fraction of sp³-hybridized carbons (Fsp3) is 0.211. The van der Waals surface area contributed by atoms with Crippen molar-refractivity contribution in [2.45, 2.75) is 25.4 Å². The number of benzene rings is 2. The number of phenols is 1. The number of aliphatic hydroxyl groups is 1. The lowest BCUT2D eigenvalue weighted by Gasteiger charge is -2.05. The molecule has 0 amide bonds. The summed E-state index contributed by atoms with van der Waals surface area (Å²) in [5.41, 5.74) is 2.00. The summed E-state index contributed by atoms with van der Waals surface area (Å²) in [6, 6.07) is 16.5. The van der Waals surface area contributed by atoms with E-state index in [0.717, 1.165) is 11.1 Å². The maximum Gasteiger partial charge on any atom is 0.136 e. The van der Waals surface area contributed by atoms with Crippen LogP contribution in [0.5, 0.6) is 5.75 Å². The van der Waals surface area contributed by atoms with Crippen LogP contribution in [0.4, 0.5) is 0 Å². The van der Waals surface area contributed by atoms with E-state index in [2.05, 4.69) is 0 Å². The molecule has 0 aromatic heterocycles. The largest absolute Gasteiger partial charge is 0.508 e. The van der Waals surface area contributed by atoms with Gasteiger partial charge in [-0.3, -0.25) is 4.79 Å². The molecule has 0 radical (unpaired) electrons. The molecular weight excluding hydrogens is 276 g/mol. The first-order chi connectivity index (χ1) is 10.6. The van der Waals surface area contributed by atoms with Gasteiger partial charge in [-0.2, -0.15) is 0 Å². The van der Waals surface area contributed by atoms with Crippen LogP contribution in [0, 0.1) is 0 Å². The van der Waals surface area contributed by atoms with Gasteiger partial charge in [-0.25, -0.2) is 0 Å². The van der Waals surface area contributed by atoms with E-state index >= 15 is 0 Å². The first-order valence-corrected chi connectivity index (χ1v) is 7.34. The Morgan fingerprint density at radius 1 is 1.05 bits per heavy atom. The Hall–Kier alpha value is -2.39. The van der Waals surface area contributed by atoms with Crippen molar-refractivity contribution in [3.63, 3.8) is 0 Å². The Kier molecular flexibility index (Phi) is 5.92. The number of carbonyl (C=O) groups excluding carboxylic acids is 1. The third-order valence-electron chi connectivity index (χ3n) is 3.38. The van der Waals surface area contributed by atoms with Crippen LogP contribution in [0.1, 0.15) is 24.0 Å². The van der Waals surface area contributed by atoms with Gasteiger partial charge in [0.25, 0.3) is 0 Å². The maximum absolute atomic E-state index is 11.9. The lowest BCUT2D eigenvalue weighted by Crippen LogP contribution is -2.11. The van der Waals surface area contributed by atoms with Crippen molar-refractivity contribution < 1.29 is 15.0 Å². The molecule has 0 saturated heterocycles. The minimum Gasteiger partial charge on any atom is -0.508 e. The van der Waals surface area contributed by atoms with Crippen LogP contribution in [-0.2, 0) is 11.2 Å². The fourth-order valence-corrected chi connectivity index (χ4v) is 2.14. The number of hydrogen-bond donors (Lipinski definition) is 2. The summed E-state index contributed by atoms with van der Waals surface area (Å²) in [6.07, 6.45) is 3.84. The van der Waals surface area contributed by atoms with Gasteiger partial charge in [0, 0.05) is 12.8 Å². The monoisotopic (exact) mass is 296 g/mol. The van der Waals surface area contributed by atoms with Crippen molar-refractivity contribution >= 4 is 11.9 Å². The Morgan fingerprint density at radius 2 is 1.73 bits per heavy atom. The lowest BCUT2D eigenvalue weighted by molar-refractivity contribution is -0.120. The molecule has 2 aromatic rings. The number of hydrogen-bond acceptors (Lipinski definition) is 3. The van der Waals surface area contributed by atoms with E-state index in [-0.39, 0.29) is 18.0 Å². The molecule has 2 rings (SSSR count). The zero-order valence-corrected chi connectivity index (χ0v) is 12.4. The molecule has 1 unspecified atom stereocenters. The van der Waals surface area contributed by atoms with Crippen molar-refractivity contribution in [1.82, 2.24) is 0 Å². The molecule has 22 heavy (non-hydrogen) atoms. The molecule has 3 nitrogen and oxygen atoms in total. The van der Waals surface area contributed by atoms with E-state index in [1.165, 1.54) is 0 Å². The Balaban J connectivity index is 1.76. The molecule has 0 bridgehead atoms. The lowest BCUT2D eigenvalue weighted by atomic mass is 10.0. The maximum atomic E-state index is 11.9. The normalized spacial score (nSPS) is 12.4. The Labute approximate surface area is 130 Å². The Bertz CT molecular complexity index is 615. The predicted octanol–water partition coefficient (Wildman–Crippen LogP) is 3.36. The molecule has 2 N–H and O–H groups in total. The van der Waals surface area contributed by atoms with Gasteiger partial charge in [-0.05, 0) is 29.7 Å². The zero-order valence-electron chi connectivity index (χ0n) is 12.4.